The quantitative estimate of drug-likeness (QED) is 0.192. The number of allylic oxidation sites excluding steroid dienone is 3. The lowest BCUT2D eigenvalue weighted by molar-refractivity contribution is -0.193. The Bertz CT molecular complexity index is 616. The van der Waals surface area contributed by atoms with E-state index in [2.05, 4.69) is 4.74 Å². The van der Waals surface area contributed by atoms with Gasteiger partial charge in [-0.1, -0.05) is 38.0 Å². The third-order valence-electron chi connectivity index (χ3n) is 6.59. The third-order valence-corrected chi connectivity index (χ3v) is 6.59. The number of ether oxygens (including phenoxy) is 3. The van der Waals surface area contributed by atoms with E-state index in [0.29, 0.717) is 38.7 Å². The maximum Gasteiger partial charge on any atom is 0.305 e. The van der Waals surface area contributed by atoms with Crippen LogP contribution in [0.3, 0.4) is 0 Å². The summed E-state index contributed by atoms with van der Waals surface area (Å²) in [6.07, 6.45) is 12.9. The number of carbonyl (C=O) groups is 1. The standard InChI is InChI=1S/C26H42F2O5/c1-3-4-10-16-26(27,28)17-15-21-20(12-7-5-6-8-13-24(30)31-2)22(29)19-23(21)33-25-14-9-11-18-32-25/h5,7,15,17,20-23,25,29H,3-4,6,8-14,16,18-19H2,1-2H3/t20-,21+,22-,23-,25?/m1/s1. The van der Waals surface area contributed by atoms with Crippen molar-refractivity contribution < 1.29 is 32.9 Å². The highest BCUT2D eigenvalue weighted by molar-refractivity contribution is 5.69. The van der Waals surface area contributed by atoms with Crippen LogP contribution in [0.15, 0.2) is 24.3 Å². The zero-order chi connectivity index (χ0) is 24.1. The van der Waals surface area contributed by atoms with Crippen LogP contribution in [0, 0.1) is 11.8 Å². The number of alkyl halides is 2. The topological polar surface area (TPSA) is 65.0 Å². The largest absolute Gasteiger partial charge is 0.469 e. The van der Waals surface area contributed by atoms with Crippen LogP contribution in [0.4, 0.5) is 8.78 Å². The van der Waals surface area contributed by atoms with Gasteiger partial charge in [0.05, 0.1) is 19.3 Å². The molecule has 2 aliphatic rings. The van der Waals surface area contributed by atoms with Crippen LogP contribution in [0.1, 0.15) is 84.0 Å². The Balaban J connectivity index is 2.00. The second-order valence-corrected chi connectivity index (χ2v) is 9.27. The molecule has 33 heavy (non-hydrogen) atoms. The first-order valence-corrected chi connectivity index (χ1v) is 12.6. The maximum atomic E-state index is 14.4. The summed E-state index contributed by atoms with van der Waals surface area (Å²) in [5.41, 5.74) is 0. The van der Waals surface area contributed by atoms with E-state index in [0.717, 1.165) is 44.6 Å². The third kappa shape index (κ3) is 10.2. The molecule has 2 rings (SSSR count). The number of unbranched alkanes of at least 4 members (excludes halogenated alkanes) is 3. The molecule has 1 heterocycles. The first-order valence-electron chi connectivity index (χ1n) is 12.6. The number of carbonyl (C=O) groups excluding carboxylic acids is 1. The second-order valence-electron chi connectivity index (χ2n) is 9.27. The summed E-state index contributed by atoms with van der Waals surface area (Å²) in [5.74, 6) is -3.59. The van der Waals surface area contributed by atoms with Crippen molar-refractivity contribution in [3.05, 3.63) is 24.3 Å². The molecule has 1 saturated carbocycles. The molecule has 1 unspecified atom stereocenters. The molecule has 1 aliphatic carbocycles. The zero-order valence-corrected chi connectivity index (χ0v) is 20.2. The summed E-state index contributed by atoms with van der Waals surface area (Å²) < 4.78 is 45.4. The fourth-order valence-electron chi connectivity index (χ4n) is 4.63. The molecule has 0 amide bonds. The Morgan fingerprint density at radius 2 is 2.03 bits per heavy atom. The average Bonchev–Trinajstić information content (AvgIpc) is 3.09. The van der Waals surface area contributed by atoms with Gasteiger partial charge in [0, 0.05) is 31.8 Å². The number of esters is 1. The van der Waals surface area contributed by atoms with Crippen LogP contribution in [0.25, 0.3) is 0 Å². The molecular formula is C26H42F2O5. The first-order chi connectivity index (χ1) is 15.9. The van der Waals surface area contributed by atoms with E-state index in [1.807, 2.05) is 19.1 Å². The molecule has 0 aromatic heterocycles. The highest BCUT2D eigenvalue weighted by Crippen LogP contribution is 2.40. The van der Waals surface area contributed by atoms with Crippen molar-refractivity contribution >= 4 is 5.97 Å². The molecule has 1 saturated heterocycles. The van der Waals surface area contributed by atoms with Crippen molar-refractivity contribution in [1.29, 1.82) is 0 Å². The van der Waals surface area contributed by atoms with Gasteiger partial charge in [0.1, 0.15) is 0 Å². The number of halogens is 2. The van der Waals surface area contributed by atoms with Gasteiger partial charge in [-0.15, -0.1) is 0 Å². The van der Waals surface area contributed by atoms with Gasteiger partial charge < -0.3 is 19.3 Å². The lowest BCUT2D eigenvalue weighted by atomic mass is 9.89. The summed E-state index contributed by atoms with van der Waals surface area (Å²) in [5, 5.41) is 10.7. The predicted octanol–water partition coefficient (Wildman–Crippen LogP) is 5.96. The van der Waals surface area contributed by atoms with Gasteiger partial charge >= 0.3 is 5.97 Å². The molecular weight excluding hydrogens is 430 g/mol. The van der Waals surface area contributed by atoms with Gasteiger partial charge in [-0.05, 0) is 56.9 Å². The molecule has 190 valence electrons. The van der Waals surface area contributed by atoms with Crippen LogP contribution in [-0.4, -0.2) is 49.2 Å². The van der Waals surface area contributed by atoms with Crippen LogP contribution >= 0.6 is 0 Å². The summed E-state index contributed by atoms with van der Waals surface area (Å²) in [6.45, 7) is 2.64. The number of rotatable bonds is 14. The van der Waals surface area contributed by atoms with E-state index in [1.165, 1.54) is 7.11 Å². The van der Waals surface area contributed by atoms with Crippen LogP contribution < -0.4 is 0 Å². The van der Waals surface area contributed by atoms with Crippen molar-refractivity contribution in [2.45, 2.75) is 108 Å². The number of aliphatic hydroxyl groups is 1. The lowest BCUT2D eigenvalue weighted by Crippen LogP contribution is -2.31. The minimum Gasteiger partial charge on any atom is -0.469 e. The number of aliphatic hydroxyl groups excluding tert-OH is 1. The second kappa shape index (κ2) is 14.8. The first kappa shape index (κ1) is 27.9. The average molecular weight is 473 g/mol. The number of methoxy groups -OCH3 is 1. The summed E-state index contributed by atoms with van der Waals surface area (Å²) in [6, 6.07) is 0. The molecule has 0 bridgehead atoms. The summed E-state index contributed by atoms with van der Waals surface area (Å²) in [4.78, 5) is 11.2. The molecule has 7 heteroatoms. The molecule has 1 N–H and O–H groups in total. The highest BCUT2D eigenvalue weighted by atomic mass is 19.3. The van der Waals surface area contributed by atoms with Gasteiger partial charge in [-0.3, -0.25) is 4.79 Å². The molecule has 2 fully saturated rings. The van der Waals surface area contributed by atoms with E-state index in [-0.39, 0.29) is 36.6 Å². The van der Waals surface area contributed by atoms with Gasteiger partial charge in [0.15, 0.2) is 6.29 Å². The van der Waals surface area contributed by atoms with Crippen LogP contribution in [-0.2, 0) is 19.0 Å². The molecule has 0 spiro atoms. The maximum absolute atomic E-state index is 14.4. The SMILES string of the molecule is CCCCCC(F)(F)C=C[C@H]1[C@@H](CC=CCCCC(=O)OC)[C@H](O)C[C@H]1OC1CCCCO1. The van der Waals surface area contributed by atoms with Crippen molar-refractivity contribution in [2.75, 3.05) is 13.7 Å². The monoisotopic (exact) mass is 472 g/mol. The van der Waals surface area contributed by atoms with E-state index in [1.54, 1.807) is 6.08 Å². The minimum atomic E-state index is -2.86. The van der Waals surface area contributed by atoms with Crippen LogP contribution in [0.2, 0.25) is 0 Å². The molecule has 0 aromatic rings. The Morgan fingerprint density at radius 1 is 1.21 bits per heavy atom. The lowest BCUT2D eigenvalue weighted by Gasteiger charge is -2.29. The molecule has 0 aromatic carbocycles. The van der Waals surface area contributed by atoms with Crippen molar-refractivity contribution in [3.63, 3.8) is 0 Å². The summed E-state index contributed by atoms with van der Waals surface area (Å²) >= 11 is 0. The van der Waals surface area contributed by atoms with Crippen molar-refractivity contribution in [3.8, 4) is 0 Å². The zero-order valence-electron chi connectivity index (χ0n) is 20.2. The normalized spacial score (nSPS) is 28.7. The predicted molar refractivity (Wildman–Crippen MR) is 124 cm³/mol. The molecule has 0 radical (unpaired) electrons. The Labute approximate surface area is 197 Å². The number of hydrogen-bond donors (Lipinski definition) is 1. The van der Waals surface area contributed by atoms with Crippen molar-refractivity contribution in [2.24, 2.45) is 11.8 Å². The molecule has 5 nitrogen and oxygen atoms in total. The Hall–Kier alpha value is -1.31. The fraction of sp³-hybridized carbons (Fsp3) is 0.808. The van der Waals surface area contributed by atoms with Gasteiger partial charge in [0.2, 0.25) is 0 Å². The highest BCUT2D eigenvalue weighted by Gasteiger charge is 2.43. The van der Waals surface area contributed by atoms with E-state index >= 15 is 0 Å². The Kier molecular flexibility index (Phi) is 12.6. The fourth-order valence-corrected chi connectivity index (χ4v) is 4.63. The minimum absolute atomic E-state index is 0.158. The molecule has 5 atom stereocenters. The number of hydrogen-bond acceptors (Lipinski definition) is 5. The van der Waals surface area contributed by atoms with E-state index < -0.39 is 12.0 Å². The van der Waals surface area contributed by atoms with E-state index in [9.17, 15) is 18.7 Å². The van der Waals surface area contributed by atoms with E-state index in [4.69, 9.17) is 9.47 Å². The van der Waals surface area contributed by atoms with Crippen molar-refractivity contribution in [1.82, 2.24) is 0 Å². The van der Waals surface area contributed by atoms with Gasteiger partial charge in [-0.2, -0.15) is 0 Å². The van der Waals surface area contributed by atoms with Crippen LogP contribution in [0.5, 0.6) is 0 Å². The van der Waals surface area contributed by atoms with Gasteiger partial charge in [-0.25, -0.2) is 8.78 Å². The van der Waals surface area contributed by atoms with Gasteiger partial charge in [0.25, 0.3) is 5.92 Å². The summed E-state index contributed by atoms with van der Waals surface area (Å²) in [7, 11) is 1.37. The smallest absolute Gasteiger partial charge is 0.305 e. The molecule has 1 aliphatic heterocycles. The Morgan fingerprint density at radius 3 is 2.73 bits per heavy atom.